The number of likely N-dealkylation sites (tertiary alicyclic amines) is 1. The molecule has 0 unspecified atom stereocenters. The van der Waals surface area contributed by atoms with Crippen molar-refractivity contribution in [1.82, 2.24) is 0 Å². The maximum atomic E-state index is 3.86. The van der Waals surface area contributed by atoms with Crippen LogP contribution in [0.25, 0.3) is 0 Å². The van der Waals surface area contributed by atoms with Crippen LogP contribution in [0, 0.1) is 12.5 Å². The summed E-state index contributed by atoms with van der Waals surface area (Å²) in [5, 5.41) is 0. The van der Waals surface area contributed by atoms with Gasteiger partial charge in [0.1, 0.15) is 0 Å². The topological polar surface area (TPSA) is 4.44 Å². The summed E-state index contributed by atoms with van der Waals surface area (Å²) < 4.78 is 0. The lowest BCUT2D eigenvalue weighted by atomic mass is 9.85. The summed E-state index contributed by atoms with van der Waals surface area (Å²) in [6.45, 7) is 7.04. The lowest BCUT2D eigenvalue weighted by Crippen LogP contribution is -3.17. The van der Waals surface area contributed by atoms with Crippen molar-refractivity contribution in [2.75, 3.05) is 13.1 Å². The third-order valence-electron chi connectivity index (χ3n) is 1.46. The van der Waals surface area contributed by atoms with Crippen LogP contribution in [0.5, 0.6) is 0 Å². The predicted octanol–water partition coefficient (Wildman–Crippen LogP) is -0.297. The Morgan fingerprint density at radius 3 is 1.86 bits per heavy atom. The fourth-order valence-electron chi connectivity index (χ4n) is 1.30. The van der Waals surface area contributed by atoms with E-state index >= 15 is 0 Å². The average Bonchev–Trinajstić information content (AvgIpc) is 1.27. The second-order valence-electron chi connectivity index (χ2n) is 3.27. The molecular weight excluding hydrogens is 86.1 g/mol. The number of rotatable bonds is 0. The Kier molecular flexibility index (Phi) is 0.890. The molecular formula is C6H13N. The maximum Gasteiger partial charge on any atom is 0.0636 e. The summed E-state index contributed by atoms with van der Waals surface area (Å²) in [4.78, 5) is 1.42. The van der Waals surface area contributed by atoms with Gasteiger partial charge in [0.25, 0.3) is 0 Å². The quantitative estimate of drug-likeness (QED) is 0.398. The fourth-order valence-corrected chi connectivity index (χ4v) is 1.30. The van der Waals surface area contributed by atoms with Crippen molar-refractivity contribution < 1.29 is 4.90 Å². The Hall–Kier alpha value is -0.0400. The minimum absolute atomic E-state index is 0.594. The summed E-state index contributed by atoms with van der Waals surface area (Å²) in [5.41, 5.74) is 0.594. The van der Waals surface area contributed by atoms with Gasteiger partial charge < -0.3 is 4.90 Å². The average molecular weight is 99.2 g/mol. The molecule has 0 aromatic rings. The molecule has 0 aliphatic carbocycles. The molecule has 1 fully saturated rings. The van der Waals surface area contributed by atoms with Gasteiger partial charge in [-0.3, -0.25) is 0 Å². The molecule has 1 N–H and O–H groups in total. The van der Waals surface area contributed by atoms with Gasteiger partial charge in [-0.2, -0.15) is 7.05 Å². The van der Waals surface area contributed by atoms with Crippen LogP contribution in [0.15, 0.2) is 0 Å². The summed E-state index contributed by atoms with van der Waals surface area (Å²) in [5.74, 6) is 0. The van der Waals surface area contributed by atoms with Crippen LogP contribution in [0.4, 0.5) is 0 Å². The van der Waals surface area contributed by atoms with Crippen molar-refractivity contribution in [2.24, 2.45) is 5.41 Å². The molecule has 0 spiro atoms. The summed E-state index contributed by atoms with van der Waals surface area (Å²) in [6.07, 6.45) is 0. The molecule has 0 atom stereocenters. The lowest BCUT2D eigenvalue weighted by molar-refractivity contribution is -0.918. The fraction of sp³-hybridized carbons (Fsp3) is 0.833. The van der Waals surface area contributed by atoms with Crippen molar-refractivity contribution >= 4 is 0 Å². The van der Waals surface area contributed by atoms with E-state index < -0.39 is 0 Å². The molecule has 1 heteroatoms. The Bertz CT molecular complexity index is 68.2. The van der Waals surface area contributed by atoms with Gasteiger partial charge in [-0.15, -0.1) is 0 Å². The van der Waals surface area contributed by atoms with Crippen molar-refractivity contribution in [1.29, 1.82) is 0 Å². The van der Waals surface area contributed by atoms with Gasteiger partial charge in [0, 0.05) is 0 Å². The monoisotopic (exact) mass is 99.1 g/mol. The van der Waals surface area contributed by atoms with E-state index in [1.165, 1.54) is 18.0 Å². The summed E-state index contributed by atoms with van der Waals surface area (Å²) >= 11 is 0. The highest BCUT2D eigenvalue weighted by atomic mass is 15.2. The van der Waals surface area contributed by atoms with E-state index in [-0.39, 0.29) is 0 Å². The van der Waals surface area contributed by atoms with E-state index in [2.05, 4.69) is 20.9 Å². The molecule has 0 amide bonds. The lowest BCUT2D eigenvalue weighted by Gasteiger charge is -2.44. The van der Waals surface area contributed by atoms with Crippen LogP contribution >= 0.6 is 0 Å². The van der Waals surface area contributed by atoms with Crippen molar-refractivity contribution in [2.45, 2.75) is 13.8 Å². The minimum atomic E-state index is 0.594. The normalized spacial score (nSPS) is 29.6. The van der Waals surface area contributed by atoms with Crippen LogP contribution < -0.4 is 4.90 Å². The van der Waals surface area contributed by atoms with Crippen LogP contribution in [-0.4, -0.2) is 13.1 Å². The van der Waals surface area contributed by atoms with Crippen molar-refractivity contribution in [3.05, 3.63) is 7.05 Å². The highest BCUT2D eigenvalue weighted by molar-refractivity contribution is 4.71. The van der Waals surface area contributed by atoms with Crippen molar-refractivity contribution in [3.8, 4) is 0 Å². The van der Waals surface area contributed by atoms with E-state index in [0.717, 1.165) is 0 Å². The maximum absolute atomic E-state index is 3.86. The van der Waals surface area contributed by atoms with Gasteiger partial charge in [-0.25, -0.2) is 0 Å². The molecule has 1 saturated heterocycles. The molecule has 1 nitrogen and oxygen atoms in total. The molecule has 1 aliphatic rings. The molecule has 0 aromatic carbocycles. The van der Waals surface area contributed by atoms with Gasteiger partial charge in [0.2, 0.25) is 0 Å². The van der Waals surface area contributed by atoms with Crippen LogP contribution in [0.2, 0.25) is 0 Å². The highest BCUT2D eigenvalue weighted by Crippen LogP contribution is 2.13. The Balaban J connectivity index is 2.29. The van der Waals surface area contributed by atoms with E-state index in [1.807, 2.05) is 0 Å². The van der Waals surface area contributed by atoms with Gasteiger partial charge in [-0.05, 0) is 13.8 Å². The number of quaternary nitrogens is 1. The molecule has 0 radical (unpaired) electrons. The minimum Gasteiger partial charge on any atom is -0.467 e. The second kappa shape index (κ2) is 1.22. The first-order valence-corrected chi connectivity index (χ1v) is 2.77. The number of hydrogen-bond acceptors (Lipinski definition) is 0. The molecule has 1 rings (SSSR count). The zero-order chi connectivity index (χ0) is 5.49. The largest absolute Gasteiger partial charge is 0.467 e. The third-order valence-corrected chi connectivity index (χ3v) is 1.46. The van der Waals surface area contributed by atoms with E-state index in [1.54, 1.807) is 0 Å². The second-order valence-corrected chi connectivity index (χ2v) is 3.27. The Morgan fingerprint density at radius 1 is 1.43 bits per heavy atom. The van der Waals surface area contributed by atoms with Gasteiger partial charge in [0.05, 0.1) is 18.5 Å². The Morgan fingerprint density at radius 2 is 1.86 bits per heavy atom. The van der Waals surface area contributed by atoms with Crippen molar-refractivity contribution in [3.63, 3.8) is 0 Å². The van der Waals surface area contributed by atoms with E-state index in [9.17, 15) is 0 Å². The zero-order valence-corrected chi connectivity index (χ0v) is 5.12. The van der Waals surface area contributed by atoms with Crippen LogP contribution in [0.3, 0.4) is 0 Å². The van der Waals surface area contributed by atoms with Gasteiger partial charge >= 0.3 is 0 Å². The Labute approximate surface area is 45.3 Å². The van der Waals surface area contributed by atoms with E-state index in [4.69, 9.17) is 0 Å². The predicted molar refractivity (Wildman–Crippen MR) is 29.8 cm³/mol. The van der Waals surface area contributed by atoms with Gasteiger partial charge in [0.15, 0.2) is 0 Å². The molecule has 0 aromatic heterocycles. The molecule has 1 aliphatic heterocycles. The molecule has 7 heavy (non-hydrogen) atoms. The first-order valence-electron chi connectivity index (χ1n) is 2.77. The van der Waals surface area contributed by atoms with Gasteiger partial charge in [-0.1, -0.05) is 0 Å². The molecule has 0 bridgehead atoms. The number of hydrogen-bond donors (Lipinski definition) is 1. The molecule has 0 saturated carbocycles. The van der Waals surface area contributed by atoms with Crippen LogP contribution in [-0.2, 0) is 0 Å². The smallest absolute Gasteiger partial charge is 0.0636 e. The third kappa shape index (κ3) is 0.942. The van der Waals surface area contributed by atoms with Crippen LogP contribution in [0.1, 0.15) is 13.8 Å². The standard InChI is InChI=1S/C6H13N/c1-6(2)4-7(3)5-6/h7H,3-5H2,1-2H3. The first kappa shape index (κ1) is 5.10. The number of nitrogens with one attached hydrogen (secondary N) is 1. The summed E-state index contributed by atoms with van der Waals surface area (Å²) in [7, 11) is 3.86. The SMILES string of the molecule is [CH2-][NH+]1CC(C)(C)C1. The highest BCUT2D eigenvalue weighted by Gasteiger charge is 2.32. The molecule has 42 valence electrons. The first-order chi connectivity index (χ1) is 3.10. The summed E-state index contributed by atoms with van der Waals surface area (Å²) in [6, 6.07) is 0. The zero-order valence-electron chi connectivity index (χ0n) is 5.12. The van der Waals surface area contributed by atoms with E-state index in [0.29, 0.717) is 5.41 Å². The molecule has 1 heterocycles.